The molecule has 0 saturated heterocycles. The van der Waals surface area contributed by atoms with Crippen molar-refractivity contribution in [3.05, 3.63) is 23.9 Å². The van der Waals surface area contributed by atoms with Crippen LogP contribution in [0, 0.1) is 5.92 Å². The number of nitrogens with two attached hydrogens (primary N) is 1. The number of nitrogens with zero attached hydrogens (tertiary/aromatic N) is 1. The molecule has 2 atom stereocenters. The van der Waals surface area contributed by atoms with Crippen LogP contribution in [-0.4, -0.2) is 17.6 Å². The SMILES string of the molecule is NCC1CCCCC1Nc1ncccc1C(F)(F)F. The summed E-state index contributed by atoms with van der Waals surface area (Å²) < 4.78 is 38.6. The zero-order chi connectivity index (χ0) is 13.9. The summed E-state index contributed by atoms with van der Waals surface area (Å²) in [6, 6.07) is 2.33. The number of hydrogen-bond donors (Lipinski definition) is 2. The van der Waals surface area contributed by atoms with E-state index in [0.29, 0.717) is 6.54 Å². The second-order valence-electron chi connectivity index (χ2n) is 4.93. The molecule has 0 amide bonds. The average molecular weight is 273 g/mol. The van der Waals surface area contributed by atoms with Crippen LogP contribution < -0.4 is 11.1 Å². The van der Waals surface area contributed by atoms with Gasteiger partial charge < -0.3 is 11.1 Å². The Kier molecular flexibility index (Phi) is 4.29. The number of halogens is 3. The van der Waals surface area contributed by atoms with E-state index in [1.165, 1.54) is 12.3 Å². The molecule has 19 heavy (non-hydrogen) atoms. The third-order valence-electron chi connectivity index (χ3n) is 3.65. The molecule has 1 aliphatic carbocycles. The molecule has 3 nitrogen and oxygen atoms in total. The fourth-order valence-electron chi connectivity index (χ4n) is 2.60. The van der Waals surface area contributed by atoms with Gasteiger partial charge in [-0.05, 0) is 37.4 Å². The Morgan fingerprint density at radius 3 is 2.74 bits per heavy atom. The first-order valence-corrected chi connectivity index (χ1v) is 6.51. The molecule has 0 aromatic carbocycles. The summed E-state index contributed by atoms with van der Waals surface area (Å²) in [6.07, 6.45) is 0.899. The molecule has 3 N–H and O–H groups in total. The predicted molar refractivity (Wildman–Crippen MR) is 67.7 cm³/mol. The Morgan fingerprint density at radius 2 is 2.05 bits per heavy atom. The lowest BCUT2D eigenvalue weighted by atomic mass is 9.84. The molecule has 1 aliphatic rings. The molecule has 1 saturated carbocycles. The van der Waals surface area contributed by atoms with E-state index in [2.05, 4.69) is 10.3 Å². The van der Waals surface area contributed by atoms with Gasteiger partial charge in [0.25, 0.3) is 0 Å². The lowest BCUT2D eigenvalue weighted by molar-refractivity contribution is -0.137. The summed E-state index contributed by atoms with van der Waals surface area (Å²) in [5.74, 6) is 0.136. The van der Waals surface area contributed by atoms with Crippen LogP contribution in [0.25, 0.3) is 0 Å². The molecule has 1 aromatic rings. The summed E-state index contributed by atoms with van der Waals surface area (Å²) >= 11 is 0. The minimum atomic E-state index is -4.39. The number of hydrogen-bond acceptors (Lipinski definition) is 3. The Balaban J connectivity index is 2.18. The third kappa shape index (κ3) is 3.37. The molecular weight excluding hydrogens is 255 g/mol. The highest BCUT2D eigenvalue weighted by Crippen LogP contribution is 2.35. The fraction of sp³-hybridized carbons (Fsp3) is 0.615. The summed E-state index contributed by atoms with van der Waals surface area (Å²) in [5, 5.41) is 2.95. The van der Waals surface area contributed by atoms with E-state index < -0.39 is 11.7 Å². The first-order valence-electron chi connectivity index (χ1n) is 6.51. The van der Waals surface area contributed by atoms with Gasteiger partial charge in [-0.2, -0.15) is 13.2 Å². The lowest BCUT2D eigenvalue weighted by Gasteiger charge is -2.32. The van der Waals surface area contributed by atoms with Gasteiger partial charge in [0, 0.05) is 12.2 Å². The zero-order valence-electron chi connectivity index (χ0n) is 10.6. The molecule has 2 rings (SSSR count). The molecule has 0 bridgehead atoms. The topological polar surface area (TPSA) is 50.9 Å². The normalized spacial score (nSPS) is 24.2. The first kappa shape index (κ1) is 14.1. The van der Waals surface area contributed by atoms with E-state index in [0.717, 1.165) is 31.7 Å². The van der Waals surface area contributed by atoms with Gasteiger partial charge in [0.05, 0.1) is 5.56 Å². The second-order valence-corrected chi connectivity index (χ2v) is 4.93. The van der Waals surface area contributed by atoms with Crippen molar-refractivity contribution in [2.45, 2.75) is 37.9 Å². The molecule has 6 heteroatoms. The van der Waals surface area contributed by atoms with Crippen molar-refractivity contribution >= 4 is 5.82 Å². The minimum absolute atomic E-state index is 0.0188. The maximum absolute atomic E-state index is 12.9. The number of pyridine rings is 1. The maximum Gasteiger partial charge on any atom is 0.419 e. The Labute approximate surface area is 110 Å². The van der Waals surface area contributed by atoms with Crippen molar-refractivity contribution < 1.29 is 13.2 Å². The maximum atomic E-state index is 12.9. The largest absolute Gasteiger partial charge is 0.419 e. The summed E-state index contributed by atoms with van der Waals surface area (Å²) in [5.41, 5.74) is 4.98. The summed E-state index contributed by atoms with van der Waals surface area (Å²) in [6.45, 7) is 0.492. The van der Waals surface area contributed by atoms with Crippen LogP contribution in [0.5, 0.6) is 0 Å². The van der Waals surface area contributed by atoms with Crippen LogP contribution in [0.3, 0.4) is 0 Å². The van der Waals surface area contributed by atoms with Crippen LogP contribution in [0.1, 0.15) is 31.2 Å². The Hall–Kier alpha value is -1.30. The van der Waals surface area contributed by atoms with Crippen molar-refractivity contribution in [2.75, 3.05) is 11.9 Å². The van der Waals surface area contributed by atoms with E-state index in [-0.39, 0.29) is 17.8 Å². The summed E-state index contributed by atoms with van der Waals surface area (Å²) in [7, 11) is 0. The standard InChI is InChI=1S/C13H18F3N3/c14-13(15,16)10-5-3-7-18-12(10)19-11-6-2-1-4-9(11)8-17/h3,5,7,9,11H,1-2,4,6,8,17H2,(H,18,19). The van der Waals surface area contributed by atoms with Gasteiger partial charge in [-0.1, -0.05) is 12.8 Å². The number of rotatable bonds is 3. The number of alkyl halides is 3. The third-order valence-corrected chi connectivity index (χ3v) is 3.65. The minimum Gasteiger partial charge on any atom is -0.367 e. The van der Waals surface area contributed by atoms with Gasteiger partial charge in [-0.25, -0.2) is 4.98 Å². The van der Waals surface area contributed by atoms with Crippen molar-refractivity contribution in [2.24, 2.45) is 11.7 Å². The lowest BCUT2D eigenvalue weighted by Crippen LogP contribution is -2.37. The van der Waals surface area contributed by atoms with Gasteiger partial charge >= 0.3 is 6.18 Å². The predicted octanol–water partition coefficient (Wildman–Crippen LogP) is 3.03. The van der Waals surface area contributed by atoms with Crippen LogP contribution in [0.2, 0.25) is 0 Å². The zero-order valence-corrected chi connectivity index (χ0v) is 10.6. The molecule has 2 unspecified atom stereocenters. The molecule has 1 heterocycles. The van der Waals surface area contributed by atoms with Crippen molar-refractivity contribution in [1.29, 1.82) is 0 Å². The van der Waals surface area contributed by atoms with Crippen LogP contribution in [0.15, 0.2) is 18.3 Å². The van der Waals surface area contributed by atoms with Crippen LogP contribution in [-0.2, 0) is 6.18 Å². The van der Waals surface area contributed by atoms with Crippen molar-refractivity contribution in [3.8, 4) is 0 Å². The summed E-state index contributed by atoms with van der Waals surface area (Å²) in [4.78, 5) is 3.84. The molecule has 0 radical (unpaired) electrons. The highest BCUT2D eigenvalue weighted by Gasteiger charge is 2.35. The number of anilines is 1. The van der Waals surface area contributed by atoms with Crippen molar-refractivity contribution in [3.63, 3.8) is 0 Å². The van der Waals surface area contributed by atoms with Gasteiger partial charge in [0.15, 0.2) is 0 Å². The Bertz CT molecular complexity index is 420. The molecule has 0 spiro atoms. The van der Waals surface area contributed by atoms with E-state index >= 15 is 0 Å². The first-order chi connectivity index (χ1) is 9.02. The average Bonchev–Trinajstić information content (AvgIpc) is 2.39. The van der Waals surface area contributed by atoms with Gasteiger partial charge in [0.2, 0.25) is 0 Å². The van der Waals surface area contributed by atoms with E-state index in [9.17, 15) is 13.2 Å². The fourth-order valence-corrected chi connectivity index (χ4v) is 2.60. The molecular formula is C13H18F3N3. The van der Waals surface area contributed by atoms with Crippen LogP contribution >= 0.6 is 0 Å². The smallest absolute Gasteiger partial charge is 0.367 e. The molecule has 1 fully saturated rings. The van der Waals surface area contributed by atoms with Crippen LogP contribution in [0.4, 0.5) is 19.0 Å². The Morgan fingerprint density at radius 1 is 1.32 bits per heavy atom. The van der Waals surface area contributed by atoms with E-state index in [4.69, 9.17) is 5.73 Å². The molecule has 106 valence electrons. The number of nitrogens with one attached hydrogen (secondary N) is 1. The van der Waals surface area contributed by atoms with E-state index in [1.54, 1.807) is 0 Å². The second kappa shape index (κ2) is 5.77. The number of aromatic nitrogens is 1. The van der Waals surface area contributed by atoms with Gasteiger partial charge in [0.1, 0.15) is 5.82 Å². The molecule has 0 aliphatic heterocycles. The van der Waals surface area contributed by atoms with Gasteiger partial charge in [-0.3, -0.25) is 0 Å². The van der Waals surface area contributed by atoms with E-state index in [1.807, 2.05) is 0 Å². The highest BCUT2D eigenvalue weighted by atomic mass is 19.4. The van der Waals surface area contributed by atoms with Gasteiger partial charge in [-0.15, -0.1) is 0 Å². The monoisotopic (exact) mass is 273 g/mol. The molecule has 1 aromatic heterocycles. The quantitative estimate of drug-likeness (QED) is 0.890. The highest BCUT2D eigenvalue weighted by molar-refractivity contribution is 5.46. The van der Waals surface area contributed by atoms with Crippen molar-refractivity contribution in [1.82, 2.24) is 4.98 Å².